The number of rotatable bonds is 3. The summed E-state index contributed by atoms with van der Waals surface area (Å²) in [6.07, 6.45) is 7.67. The Hall–Kier alpha value is -2.62. The standard InChI is InChI=1S/C23H26O4/c24-22(25)20-11-4-5-12-21(20)23(26)27-19-9-3-1-2-7-17-13-15-18(16-14-17)8-6-10-19/h4-5,11-16,19H,1-3,6-10H2,(H,24,25)/t19-/m0/s1. The van der Waals surface area contributed by atoms with Crippen LogP contribution in [0.5, 0.6) is 0 Å². The average molecular weight is 366 g/mol. The molecule has 27 heavy (non-hydrogen) atoms. The number of hydrogen-bond acceptors (Lipinski definition) is 3. The predicted molar refractivity (Wildman–Crippen MR) is 104 cm³/mol. The molecule has 0 fully saturated rings. The number of esters is 1. The molecular formula is C23H26O4. The smallest absolute Gasteiger partial charge is 0.339 e. The lowest BCUT2D eigenvalue weighted by Gasteiger charge is -2.18. The number of carboxylic acid groups (broad SMARTS) is 1. The molecule has 0 heterocycles. The first-order chi connectivity index (χ1) is 13.1. The van der Waals surface area contributed by atoms with Gasteiger partial charge in [0.1, 0.15) is 6.10 Å². The molecule has 2 aromatic rings. The Morgan fingerprint density at radius 1 is 0.778 bits per heavy atom. The fourth-order valence-electron chi connectivity index (χ4n) is 3.61. The van der Waals surface area contributed by atoms with Gasteiger partial charge < -0.3 is 9.84 Å². The number of hydrogen-bond donors (Lipinski definition) is 1. The molecule has 0 spiro atoms. The van der Waals surface area contributed by atoms with Gasteiger partial charge in [-0.3, -0.25) is 0 Å². The van der Waals surface area contributed by atoms with Crippen LogP contribution in [0.4, 0.5) is 0 Å². The van der Waals surface area contributed by atoms with Gasteiger partial charge in [-0.25, -0.2) is 9.59 Å². The number of fused-ring (bicyclic) bond motifs is 10. The number of benzene rings is 2. The highest BCUT2D eigenvalue weighted by molar-refractivity contribution is 6.02. The van der Waals surface area contributed by atoms with Crippen LogP contribution in [0.3, 0.4) is 0 Å². The molecule has 0 aliphatic heterocycles. The highest BCUT2D eigenvalue weighted by Gasteiger charge is 2.21. The second-order valence-electron chi connectivity index (χ2n) is 7.19. The molecule has 4 rings (SSSR count). The van der Waals surface area contributed by atoms with Crippen LogP contribution in [0.25, 0.3) is 0 Å². The number of carboxylic acids is 1. The summed E-state index contributed by atoms with van der Waals surface area (Å²) < 4.78 is 5.73. The van der Waals surface area contributed by atoms with E-state index in [0.29, 0.717) is 0 Å². The van der Waals surface area contributed by atoms with Crippen LogP contribution in [-0.2, 0) is 17.6 Å². The van der Waals surface area contributed by atoms with Crippen molar-refractivity contribution in [2.75, 3.05) is 0 Å². The Kier molecular flexibility index (Phi) is 6.64. The molecule has 0 unspecified atom stereocenters. The number of aromatic carboxylic acids is 1. The van der Waals surface area contributed by atoms with E-state index in [1.807, 2.05) is 0 Å². The third-order valence-electron chi connectivity index (χ3n) is 5.16. The molecule has 2 aromatic carbocycles. The molecule has 2 bridgehead atoms. The lowest BCUT2D eigenvalue weighted by atomic mass is 10.0. The number of carbonyl (C=O) groups excluding carboxylic acids is 1. The van der Waals surface area contributed by atoms with Crippen LogP contribution in [-0.4, -0.2) is 23.1 Å². The third kappa shape index (κ3) is 5.43. The zero-order valence-corrected chi connectivity index (χ0v) is 15.5. The van der Waals surface area contributed by atoms with E-state index in [4.69, 9.17) is 4.74 Å². The third-order valence-corrected chi connectivity index (χ3v) is 5.16. The molecule has 0 aromatic heterocycles. The summed E-state index contributed by atoms with van der Waals surface area (Å²) in [6, 6.07) is 15.1. The van der Waals surface area contributed by atoms with Crippen molar-refractivity contribution in [1.29, 1.82) is 0 Å². The van der Waals surface area contributed by atoms with Crippen LogP contribution in [0.2, 0.25) is 0 Å². The van der Waals surface area contributed by atoms with Gasteiger partial charge in [0.05, 0.1) is 11.1 Å². The van der Waals surface area contributed by atoms with E-state index >= 15 is 0 Å². The summed E-state index contributed by atoms with van der Waals surface area (Å²) in [7, 11) is 0. The SMILES string of the molecule is O=C(O)c1ccccc1C(=O)O[C@H]1CCCCCc2ccc(cc2)CCC1. The molecule has 2 aliphatic carbocycles. The maximum atomic E-state index is 12.6. The molecular weight excluding hydrogens is 340 g/mol. The Balaban J connectivity index is 1.66. The van der Waals surface area contributed by atoms with Crippen molar-refractivity contribution < 1.29 is 19.4 Å². The van der Waals surface area contributed by atoms with E-state index in [1.165, 1.54) is 23.3 Å². The largest absolute Gasteiger partial charge is 0.478 e. The van der Waals surface area contributed by atoms with Crippen molar-refractivity contribution in [3.8, 4) is 0 Å². The van der Waals surface area contributed by atoms with Crippen molar-refractivity contribution >= 4 is 11.9 Å². The highest BCUT2D eigenvalue weighted by atomic mass is 16.5. The van der Waals surface area contributed by atoms with Gasteiger partial charge in [0.25, 0.3) is 0 Å². The Labute approximate surface area is 160 Å². The predicted octanol–water partition coefficient (Wildman–Crippen LogP) is 5.05. The second-order valence-corrected chi connectivity index (χ2v) is 7.19. The molecule has 4 heteroatoms. The van der Waals surface area contributed by atoms with Crippen LogP contribution >= 0.6 is 0 Å². The lowest BCUT2D eigenvalue weighted by molar-refractivity contribution is 0.0246. The minimum Gasteiger partial charge on any atom is -0.478 e. The first kappa shape index (κ1) is 19.2. The molecule has 2 aliphatic rings. The topological polar surface area (TPSA) is 63.6 Å². The quantitative estimate of drug-likeness (QED) is 0.772. The van der Waals surface area contributed by atoms with Crippen LogP contribution in [0.1, 0.15) is 70.4 Å². The zero-order chi connectivity index (χ0) is 19.1. The van der Waals surface area contributed by atoms with Gasteiger partial charge in [0, 0.05) is 0 Å². The molecule has 142 valence electrons. The van der Waals surface area contributed by atoms with E-state index in [0.717, 1.165) is 51.4 Å². The van der Waals surface area contributed by atoms with Gasteiger partial charge in [-0.2, -0.15) is 0 Å². The lowest BCUT2D eigenvalue weighted by Crippen LogP contribution is -2.20. The fourth-order valence-corrected chi connectivity index (χ4v) is 3.61. The van der Waals surface area contributed by atoms with Crippen molar-refractivity contribution in [3.63, 3.8) is 0 Å². The summed E-state index contributed by atoms with van der Waals surface area (Å²) in [4.78, 5) is 23.9. The van der Waals surface area contributed by atoms with Crippen molar-refractivity contribution in [2.24, 2.45) is 0 Å². The first-order valence-electron chi connectivity index (χ1n) is 9.74. The number of carbonyl (C=O) groups is 2. The maximum absolute atomic E-state index is 12.6. The molecule has 0 radical (unpaired) electrons. The summed E-state index contributed by atoms with van der Waals surface area (Å²) in [6.45, 7) is 0. The van der Waals surface area contributed by atoms with Crippen molar-refractivity contribution in [2.45, 2.75) is 57.5 Å². The Morgan fingerprint density at radius 2 is 1.37 bits per heavy atom. The number of ether oxygens (including phenoxy) is 1. The van der Waals surface area contributed by atoms with Crippen LogP contribution < -0.4 is 0 Å². The molecule has 1 atom stereocenters. The van der Waals surface area contributed by atoms with Gasteiger partial charge in [-0.05, 0) is 68.2 Å². The van der Waals surface area contributed by atoms with Gasteiger partial charge in [0.15, 0.2) is 0 Å². The van der Waals surface area contributed by atoms with Crippen molar-refractivity contribution in [3.05, 3.63) is 70.8 Å². The monoisotopic (exact) mass is 366 g/mol. The van der Waals surface area contributed by atoms with E-state index in [1.54, 1.807) is 12.1 Å². The Morgan fingerprint density at radius 3 is 2.04 bits per heavy atom. The molecule has 4 nitrogen and oxygen atoms in total. The average Bonchev–Trinajstić information content (AvgIpc) is 2.71. The number of aryl methyl sites for hydroxylation is 2. The summed E-state index contributed by atoms with van der Waals surface area (Å²) in [5.41, 5.74) is 2.81. The zero-order valence-electron chi connectivity index (χ0n) is 15.5. The van der Waals surface area contributed by atoms with Crippen LogP contribution in [0.15, 0.2) is 48.5 Å². The normalized spacial score (nSPS) is 18.0. The molecule has 0 amide bonds. The van der Waals surface area contributed by atoms with Gasteiger partial charge in [0.2, 0.25) is 0 Å². The maximum Gasteiger partial charge on any atom is 0.339 e. The van der Waals surface area contributed by atoms with Crippen LogP contribution in [0, 0.1) is 0 Å². The minimum atomic E-state index is -1.11. The van der Waals surface area contributed by atoms with Crippen molar-refractivity contribution in [1.82, 2.24) is 0 Å². The van der Waals surface area contributed by atoms with Gasteiger partial charge in [-0.1, -0.05) is 42.8 Å². The summed E-state index contributed by atoms with van der Waals surface area (Å²) >= 11 is 0. The minimum absolute atomic E-state index is 0.00741. The second kappa shape index (κ2) is 9.36. The first-order valence-corrected chi connectivity index (χ1v) is 9.74. The molecule has 0 saturated heterocycles. The Bertz CT molecular complexity index is 779. The van der Waals surface area contributed by atoms with Gasteiger partial charge >= 0.3 is 11.9 Å². The highest BCUT2D eigenvalue weighted by Crippen LogP contribution is 2.20. The van der Waals surface area contributed by atoms with Gasteiger partial charge in [-0.15, -0.1) is 0 Å². The van der Waals surface area contributed by atoms with E-state index in [9.17, 15) is 14.7 Å². The molecule has 0 saturated carbocycles. The summed E-state index contributed by atoms with van der Waals surface area (Å²) in [5.74, 6) is -1.65. The van der Waals surface area contributed by atoms with E-state index in [-0.39, 0.29) is 17.2 Å². The van der Waals surface area contributed by atoms with E-state index in [2.05, 4.69) is 24.3 Å². The fraction of sp³-hybridized carbons (Fsp3) is 0.391. The van der Waals surface area contributed by atoms with E-state index < -0.39 is 11.9 Å². The molecule has 1 N–H and O–H groups in total. The summed E-state index contributed by atoms with van der Waals surface area (Å²) in [5, 5.41) is 9.29.